The minimum Gasteiger partial charge on any atom is -0.494 e. The first kappa shape index (κ1) is 17.4. The van der Waals surface area contributed by atoms with Gasteiger partial charge >= 0.3 is 0 Å². The molecule has 1 aromatic heterocycles. The van der Waals surface area contributed by atoms with Crippen LogP contribution in [0.3, 0.4) is 0 Å². The minimum atomic E-state index is 0.0545. The summed E-state index contributed by atoms with van der Waals surface area (Å²) >= 11 is 0. The zero-order valence-corrected chi connectivity index (χ0v) is 14.9. The normalized spacial score (nSPS) is 17.5. The number of likely N-dealkylation sites (tertiary alicyclic amines) is 1. The van der Waals surface area contributed by atoms with Crippen molar-refractivity contribution in [2.24, 2.45) is 5.92 Å². The molecule has 1 aromatic carbocycles. The quantitative estimate of drug-likeness (QED) is 0.805. The summed E-state index contributed by atoms with van der Waals surface area (Å²) in [5, 5.41) is 12.4. The maximum atomic E-state index is 12.4. The van der Waals surface area contributed by atoms with Crippen molar-refractivity contribution in [2.75, 3.05) is 19.7 Å². The summed E-state index contributed by atoms with van der Waals surface area (Å²) in [5.74, 6) is 1.96. The summed E-state index contributed by atoms with van der Waals surface area (Å²) < 4.78 is 5.57. The molecular formula is C18H25N5O2. The van der Waals surface area contributed by atoms with E-state index in [4.69, 9.17) is 4.74 Å². The topological polar surface area (TPSA) is 73.1 Å². The Labute approximate surface area is 148 Å². The van der Waals surface area contributed by atoms with Crippen LogP contribution in [-0.2, 0) is 11.3 Å². The Morgan fingerprint density at radius 3 is 2.84 bits per heavy atom. The van der Waals surface area contributed by atoms with Gasteiger partial charge in [-0.2, -0.15) is 4.80 Å². The number of carbonyl (C=O) groups excluding carboxylic acids is 1. The average molecular weight is 343 g/mol. The molecule has 7 heteroatoms. The van der Waals surface area contributed by atoms with Gasteiger partial charge in [0, 0.05) is 18.7 Å². The van der Waals surface area contributed by atoms with Crippen molar-refractivity contribution in [1.82, 2.24) is 25.1 Å². The number of hydrogen-bond donors (Lipinski definition) is 0. The van der Waals surface area contributed by atoms with Gasteiger partial charge in [-0.1, -0.05) is 13.8 Å². The fourth-order valence-corrected chi connectivity index (χ4v) is 2.98. The number of hydrogen-bond acceptors (Lipinski definition) is 5. The number of tetrazole rings is 1. The maximum Gasteiger partial charge on any atom is 0.246 e. The Morgan fingerprint density at radius 2 is 2.12 bits per heavy atom. The molecule has 134 valence electrons. The molecule has 3 rings (SSSR count). The molecule has 7 nitrogen and oxygen atoms in total. The van der Waals surface area contributed by atoms with Crippen LogP contribution in [-0.4, -0.2) is 50.7 Å². The first-order valence-electron chi connectivity index (χ1n) is 8.94. The number of ether oxygens (including phenoxy) is 1. The molecule has 0 radical (unpaired) electrons. The molecule has 1 saturated heterocycles. The summed E-state index contributed by atoms with van der Waals surface area (Å²) in [4.78, 5) is 15.7. The first-order valence-corrected chi connectivity index (χ1v) is 8.94. The Bertz CT molecular complexity index is 698. The van der Waals surface area contributed by atoms with Crippen molar-refractivity contribution in [3.63, 3.8) is 0 Å². The Morgan fingerprint density at radius 1 is 1.32 bits per heavy atom. The van der Waals surface area contributed by atoms with E-state index in [0.717, 1.165) is 37.2 Å². The molecule has 2 heterocycles. The lowest BCUT2D eigenvalue weighted by Crippen LogP contribution is -2.41. The van der Waals surface area contributed by atoms with E-state index in [-0.39, 0.29) is 12.5 Å². The number of nitrogens with zero attached hydrogens (tertiary/aromatic N) is 5. The Kier molecular flexibility index (Phi) is 5.63. The molecule has 2 aromatic rings. The number of amides is 1. The molecule has 1 aliphatic rings. The standard InChI is InChI=1S/C18H25N5O2/c1-3-11-25-16-8-6-15(7-9-16)18-19-21-23(20-18)13-17(24)22-10-4-5-14(2)12-22/h6-9,14H,3-5,10-13H2,1-2H3/t14-/m1/s1. The highest BCUT2D eigenvalue weighted by Crippen LogP contribution is 2.19. The second-order valence-corrected chi connectivity index (χ2v) is 6.60. The van der Waals surface area contributed by atoms with Crippen molar-refractivity contribution >= 4 is 5.91 Å². The second kappa shape index (κ2) is 8.09. The van der Waals surface area contributed by atoms with E-state index in [9.17, 15) is 4.79 Å². The summed E-state index contributed by atoms with van der Waals surface area (Å²) in [6.45, 7) is 6.73. The van der Waals surface area contributed by atoms with Crippen LogP contribution in [0.5, 0.6) is 5.75 Å². The molecule has 0 saturated carbocycles. The lowest BCUT2D eigenvalue weighted by atomic mass is 10.0. The van der Waals surface area contributed by atoms with E-state index >= 15 is 0 Å². The zero-order valence-electron chi connectivity index (χ0n) is 14.9. The van der Waals surface area contributed by atoms with E-state index in [0.29, 0.717) is 18.3 Å². The highest BCUT2D eigenvalue weighted by Gasteiger charge is 2.21. The van der Waals surface area contributed by atoms with Gasteiger partial charge in [0.2, 0.25) is 11.7 Å². The van der Waals surface area contributed by atoms with Gasteiger partial charge in [0.1, 0.15) is 12.3 Å². The van der Waals surface area contributed by atoms with Gasteiger partial charge < -0.3 is 9.64 Å². The van der Waals surface area contributed by atoms with Crippen LogP contribution in [0.2, 0.25) is 0 Å². The van der Waals surface area contributed by atoms with Gasteiger partial charge in [-0.05, 0) is 54.7 Å². The van der Waals surface area contributed by atoms with Crippen LogP contribution >= 0.6 is 0 Å². The van der Waals surface area contributed by atoms with E-state index in [1.54, 1.807) is 0 Å². The molecule has 0 N–H and O–H groups in total. The van der Waals surface area contributed by atoms with Crippen LogP contribution in [0.25, 0.3) is 11.4 Å². The van der Waals surface area contributed by atoms with Crippen molar-refractivity contribution in [3.8, 4) is 17.1 Å². The van der Waals surface area contributed by atoms with Crippen molar-refractivity contribution < 1.29 is 9.53 Å². The van der Waals surface area contributed by atoms with Crippen LogP contribution in [0.1, 0.15) is 33.1 Å². The number of rotatable bonds is 6. The van der Waals surface area contributed by atoms with Gasteiger partial charge in [-0.25, -0.2) is 0 Å². The van der Waals surface area contributed by atoms with E-state index in [1.165, 1.54) is 11.2 Å². The molecular weight excluding hydrogens is 318 g/mol. The number of aromatic nitrogens is 4. The molecule has 0 bridgehead atoms. The highest BCUT2D eigenvalue weighted by molar-refractivity contribution is 5.75. The lowest BCUT2D eigenvalue weighted by molar-refractivity contribution is -0.134. The van der Waals surface area contributed by atoms with Crippen LogP contribution in [0.4, 0.5) is 0 Å². The summed E-state index contributed by atoms with van der Waals surface area (Å²) in [6, 6.07) is 7.60. The fraction of sp³-hybridized carbons (Fsp3) is 0.556. The lowest BCUT2D eigenvalue weighted by Gasteiger charge is -2.30. The smallest absolute Gasteiger partial charge is 0.246 e. The Balaban J connectivity index is 1.61. The number of piperidine rings is 1. The average Bonchev–Trinajstić information content (AvgIpc) is 3.09. The summed E-state index contributed by atoms with van der Waals surface area (Å²) in [5.41, 5.74) is 0.856. The molecule has 1 aliphatic heterocycles. The largest absolute Gasteiger partial charge is 0.494 e. The van der Waals surface area contributed by atoms with Crippen LogP contribution in [0, 0.1) is 5.92 Å². The Hall–Kier alpha value is -2.44. The summed E-state index contributed by atoms with van der Waals surface area (Å²) in [6.07, 6.45) is 3.23. The third kappa shape index (κ3) is 4.55. The first-order chi connectivity index (χ1) is 12.2. The molecule has 0 spiro atoms. The summed E-state index contributed by atoms with van der Waals surface area (Å²) in [7, 11) is 0. The predicted octanol–water partition coefficient (Wildman–Crippen LogP) is 2.39. The van der Waals surface area contributed by atoms with Crippen molar-refractivity contribution in [3.05, 3.63) is 24.3 Å². The number of benzene rings is 1. The van der Waals surface area contributed by atoms with Gasteiger partial charge in [0.05, 0.1) is 6.61 Å². The monoisotopic (exact) mass is 343 g/mol. The molecule has 0 aliphatic carbocycles. The molecule has 1 atom stereocenters. The SMILES string of the molecule is CCCOc1ccc(-c2nnn(CC(=O)N3CCC[C@@H](C)C3)n2)cc1. The van der Waals surface area contributed by atoms with E-state index in [2.05, 4.69) is 29.3 Å². The van der Waals surface area contributed by atoms with Crippen LogP contribution < -0.4 is 4.74 Å². The van der Waals surface area contributed by atoms with E-state index in [1.807, 2.05) is 29.2 Å². The van der Waals surface area contributed by atoms with E-state index < -0.39 is 0 Å². The third-order valence-corrected chi connectivity index (χ3v) is 4.32. The molecule has 1 fully saturated rings. The van der Waals surface area contributed by atoms with Crippen LogP contribution in [0.15, 0.2) is 24.3 Å². The maximum absolute atomic E-state index is 12.4. The molecule has 0 unspecified atom stereocenters. The van der Waals surface area contributed by atoms with Gasteiger partial charge in [-0.15, -0.1) is 10.2 Å². The van der Waals surface area contributed by atoms with Crippen molar-refractivity contribution in [2.45, 2.75) is 39.7 Å². The fourth-order valence-electron chi connectivity index (χ4n) is 2.98. The molecule has 1 amide bonds. The van der Waals surface area contributed by atoms with Gasteiger partial charge in [-0.3, -0.25) is 4.79 Å². The number of carbonyl (C=O) groups is 1. The predicted molar refractivity (Wildman–Crippen MR) is 94.0 cm³/mol. The third-order valence-electron chi connectivity index (χ3n) is 4.32. The second-order valence-electron chi connectivity index (χ2n) is 6.60. The van der Waals surface area contributed by atoms with Gasteiger partial charge in [0.25, 0.3) is 0 Å². The highest BCUT2D eigenvalue weighted by atomic mass is 16.5. The molecule has 25 heavy (non-hydrogen) atoms. The van der Waals surface area contributed by atoms with Crippen molar-refractivity contribution in [1.29, 1.82) is 0 Å². The minimum absolute atomic E-state index is 0.0545. The van der Waals surface area contributed by atoms with Gasteiger partial charge in [0.15, 0.2) is 0 Å². The zero-order chi connectivity index (χ0) is 17.6.